The van der Waals surface area contributed by atoms with Gasteiger partial charge in [0.15, 0.2) is 0 Å². The second-order valence-electron chi connectivity index (χ2n) is 7.43. The predicted octanol–water partition coefficient (Wildman–Crippen LogP) is 4.36. The van der Waals surface area contributed by atoms with Crippen molar-refractivity contribution in [2.24, 2.45) is 5.92 Å². The number of aliphatic hydroxyl groups excluding tert-OH is 1. The first-order chi connectivity index (χ1) is 9.68. The van der Waals surface area contributed by atoms with Crippen molar-refractivity contribution in [1.29, 1.82) is 0 Å². The Hall–Kier alpha value is -0.0800. The van der Waals surface area contributed by atoms with E-state index in [1.165, 1.54) is 70.8 Å². The molecule has 2 heteroatoms. The maximum atomic E-state index is 10.7. The summed E-state index contributed by atoms with van der Waals surface area (Å²) in [7, 11) is 0. The summed E-state index contributed by atoms with van der Waals surface area (Å²) in [5, 5.41) is 10.7. The Labute approximate surface area is 125 Å². The Kier molecular flexibility index (Phi) is 6.83. The third-order valence-electron chi connectivity index (χ3n) is 5.45. The van der Waals surface area contributed by atoms with Crippen LogP contribution in [0.25, 0.3) is 0 Å². The zero-order chi connectivity index (χ0) is 14.4. The van der Waals surface area contributed by atoms with E-state index in [1.54, 1.807) is 0 Å². The van der Waals surface area contributed by atoms with Crippen molar-refractivity contribution in [1.82, 2.24) is 4.90 Å². The van der Waals surface area contributed by atoms with Crippen LogP contribution >= 0.6 is 0 Å². The predicted molar refractivity (Wildman–Crippen MR) is 85.9 cm³/mol. The topological polar surface area (TPSA) is 23.5 Å². The summed E-state index contributed by atoms with van der Waals surface area (Å²) in [6.45, 7) is 5.91. The van der Waals surface area contributed by atoms with Crippen LogP contribution in [0.2, 0.25) is 0 Å². The summed E-state index contributed by atoms with van der Waals surface area (Å²) in [4.78, 5) is 2.63. The van der Waals surface area contributed by atoms with E-state index >= 15 is 0 Å². The van der Waals surface area contributed by atoms with Crippen molar-refractivity contribution in [2.75, 3.05) is 6.54 Å². The third kappa shape index (κ3) is 4.73. The normalized spacial score (nSPS) is 39.1. The molecule has 0 aromatic heterocycles. The fraction of sp³-hybridized carbons (Fsp3) is 1.00. The van der Waals surface area contributed by atoms with Crippen LogP contribution in [0.5, 0.6) is 0 Å². The molecular formula is C18H35NO. The van der Waals surface area contributed by atoms with Gasteiger partial charge in [0.25, 0.3) is 0 Å². The largest absolute Gasteiger partial charge is 0.391 e. The first-order valence-electron chi connectivity index (χ1n) is 9.12. The van der Waals surface area contributed by atoms with E-state index in [0.29, 0.717) is 12.1 Å². The average Bonchev–Trinajstić information content (AvgIpc) is 2.73. The van der Waals surface area contributed by atoms with Crippen LogP contribution < -0.4 is 0 Å². The first kappa shape index (κ1) is 16.3. The molecule has 2 aliphatic rings. The van der Waals surface area contributed by atoms with Crippen molar-refractivity contribution in [2.45, 2.75) is 103 Å². The molecule has 20 heavy (non-hydrogen) atoms. The molecule has 0 spiro atoms. The first-order valence-corrected chi connectivity index (χ1v) is 9.12. The summed E-state index contributed by atoms with van der Waals surface area (Å²) < 4.78 is 0. The molecule has 1 saturated heterocycles. The van der Waals surface area contributed by atoms with Gasteiger partial charge < -0.3 is 5.11 Å². The maximum Gasteiger partial charge on any atom is 0.0695 e. The molecule has 0 aromatic rings. The quantitative estimate of drug-likeness (QED) is 0.772. The molecule has 2 nitrogen and oxygen atoms in total. The van der Waals surface area contributed by atoms with Gasteiger partial charge in [0.2, 0.25) is 0 Å². The van der Waals surface area contributed by atoms with E-state index in [4.69, 9.17) is 0 Å². The highest BCUT2D eigenvalue weighted by Crippen LogP contribution is 2.29. The minimum Gasteiger partial charge on any atom is -0.391 e. The average molecular weight is 281 g/mol. The van der Waals surface area contributed by atoms with Crippen LogP contribution in [0.3, 0.4) is 0 Å². The molecule has 0 aromatic carbocycles. The van der Waals surface area contributed by atoms with E-state index in [9.17, 15) is 5.11 Å². The van der Waals surface area contributed by atoms with Crippen LogP contribution in [0.1, 0.15) is 84.5 Å². The number of hydrogen-bond acceptors (Lipinski definition) is 2. The molecule has 2 rings (SSSR count). The fourth-order valence-electron chi connectivity index (χ4n) is 4.33. The van der Waals surface area contributed by atoms with E-state index < -0.39 is 0 Å². The zero-order valence-electron chi connectivity index (χ0n) is 13.7. The lowest BCUT2D eigenvalue weighted by Crippen LogP contribution is -2.45. The molecule has 1 saturated carbocycles. The number of likely N-dealkylation sites (tertiary alicyclic amines) is 1. The van der Waals surface area contributed by atoms with E-state index in [-0.39, 0.29) is 6.10 Å². The van der Waals surface area contributed by atoms with Crippen molar-refractivity contribution in [3.8, 4) is 0 Å². The SMILES string of the molecule is CC1CC(C)N(C2CCCCCCCCCCC2O)C1. The van der Waals surface area contributed by atoms with Gasteiger partial charge in [-0.25, -0.2) is 0 Å². The second-order valence-corrected chi connectivity index (χ2v) is 7.43. The minimum atomic E-state index is -0.0952. The van der Waals surface area contributed by atoms with E-state index in [1.807, 2.05) is 0 Å². The molecule has 0 radical (unpaired) electrons. The van der Waals surface area contributed by atoms with E-state index in [0.717, 1.165) is 12.3 Å². The van der Waals surface area contributed by atoms with Gasteiger partial charge in [-0.05, 0) is 32.1 Å². The highest BCUT2D eigenvalue weighted by Gasteiger charge is 2.34. The molecule has 1 N–H and O–H groups in total. The highest BCUT2D eigenvalue weighted by molar-refractivity contribution is 4.89. The van der Waals surface area contributed by atoms with Crippen molar-refractivity contribution < 1.29 is 5.11 Å². The summed E-state index contributed by atoms with van der Waals surface area (Å²) >= 11 is 0. The number of hydrogen-bond donors (Lipinski definition) is 1. The van der Waals surface area contributed by atoms with E-state index in [2.05, 4.69) is 18.7 Å². The monoisotopic (exact) mass is 281 g/mol. The lowest BCUT2D eigenvalue weighted by molar-refractivity contribution is 0.0306. The molecule has 0 bridgehead atoms. The van der Waals surface area contributed by atoms with Crippen molar-refractivity contribution in [3.05, 3.63) is 0 Å². The standard InChI is InChI=1S/C18H35NO/c1-15-13-16(2)19(14-15)17-11-9-7-5-3-4-6-8-10-12-18(17)20/h15-18,20H,3-14H2,1-2H3. The Morgan fingerprint density at radius 1 is 0.800 bits per heavy atom. The summed E-state index contributed by atoms with van der Waals surface area (Å²) in [5.41, 5.74) is 0. The molecule has 1 aliphatic heterocycles. The lowest BCUT2D eigenvalue weighted by Gasteiger charge is -2.35. The van der Waals surface area contributed by atoms with Crippen LogP contribution in [0, 0.1) is 5.92 Å². The third-order valence-corrected chi connectivity index (χ3v) is 5.45. The molecule has 2 fully saturated rings. The Morgan fingerprint density at radius 2 is 1.35 bits per heavy atom. The summed E-state index contributed by atoms with van der Waals surface area (Å²) in [5.74, 6) is 0.804. The van der Waals surface area contributed by atoms with Gasteiger partial charge in [-0.1, -0.05) is 58.3 Å². The zero-order valence-corrected chi connectivity index (χ0v) is 13.7. The maximum absolute atomic E-state index is 10.7. The van der Waals surface area contributed by atoms with Crippen LogP contribution in [-0.2, 0) is 0 Å². The molecule has 4 atom stereocenters. The Bertz CT molecular complexity index is 268. The van der Waals surface area contributed by atoms with Crippen LogP contribution in [0.15, 0.2) is 0 Å². The number of rotatable bonds is 1. The van der Waals surface area contributed by atoms with Crippen molar-refractivity contribution >= 4 is 0 Å². The van der Waals surface area contributed by atoms with Gasteiger partial charge in [0, 0.05) is 18.6 Å². The smallest absolute Gasteiger partial charge is 0.0695 e. The van der Waals surface area contributed by atoms with Gasteiger partial charge in [0.05, 0.1) is 6.10 Å². The molecule has 1 aliphatic carbocycles. The second kappa shape index (κ2) is 8.38. The van der Waals surface area contributed by atoms with Gasteiger partial charge >= 0.3 is 0 Å². The molecular weight excluding hydrogens is 246 g/mol. The van der Waals surface area contributed by atoms with Gasteiger partial charge in [-0.2, -0.15) is 0 Å². The fourth-order valence-corrected chi connectivity index (χ4v) is 4.33. The summed E-state index contributed by atoms with van der Waals surface area (Å²) in [6.07, 6.45) is 14.2. The van der Waals surface area contributed by atoms with Gasteiger partial charge in [0.1, 0.15) is 0 Å². The Morgan fingerprint density at radius 3 is 1.90 bits per heavy atom. The molecule has 118 valence electrons. The minimum absolute atomic E-state index is 0.0952. The molecule has 0 amide bonds. The number of aliphatic hydroxyl groups is 1. The Balaban J connectivity index is 1.93. The molecule has 1 heterocycles. The van der Waals surface area contributed by atoms with Crippen molar-refractivity contribution in [3.63, 3.8) is 0 Å². The van der Waals surface area contributed by atoms with Crippen LogP contribution in [0.4, 0.5) is 0 Å². The van der Waals surface area contributed by atoms with Crippen LogP contribution in [-0.4, -0.2) is 34.7 Å². The molecule has 4 unspecified atom stereocenters. The van der Waals surface area contributed by atoms with Gasteiger partial charge in [-0.3, -0.25) is 4.90 Å². The lowest BCUT2D eigenvalue weighted by atomic mass is 9.94. The summed E-state index contributed by atoms with van der Waals surface area (Å²) in [6, 6.07) is 1.09. The number of nitrogens with zero attached hydrogens (tertiary/aromatic N) is 1. The van der Waals surface area contributed by atoms with Gasteiger partial charge in [-0.15, -0.1) is 0 Å². The highest BCUT2D eigenvalue weighted by atomic mass is 16.3.